The minimum atomic E-state index is -0.619. The van der Waals surface area contributed by atoms with Gasteiger partial charge in [-0.05, 0) is 30.9 Å². The Morgan fingerprint density at radius 1 is 1.45 bits per heavy atom. The Bertz CT molecular complexity index is 507. The molecular weight excluding hydrogens is 283 g/mol. The summed E-state index contributed by atoms with van der Waals surface area (Å²) in [5.74, 6) is -0.307. The Balaban J connectivity index is 1.91. The van der Waals surface area contributed by atoms with E-state index in [1.807, 2.05) is 24.8 Å². The van der Waals surface area contributed by atoms with Crippen molar-refractivity contribution in [2.24, 2.45) is 5.92 Å². The topological polar surface area (TPSA) is 52.6 Å². The van der Waals surface area contributed by atoms with E-state index in [2.05, 4.69) is 5.32 Å². The SMILES string of the molecule is CC(C)C(O)CC(=O)NC1CCCN(c2ccccc2F)C1. The van der Waals surface area contributed by atoms with Gasteiger partial charge >= 0.3 is 0 Å². The fraction of sp³-hybridized carbons (Fsp3) is 0.588. The van der Waals surface area contributed by atoms with Crippen molar-refractivity contribution < 1.29 is 14.3 Å². The highest BCUT2D eigenvalue weighted by Crippen LogP contribution is 2.23. The summed E-state index contributed by atoms with van der Waals surface area (Å²) in [6.07, 6.45) is 1.29. The van der Waals surface area contributed by atoms with Crippen molar-refractivity contribution in [3.8, 4) is 0 Å². The first kappa shape index (κ1) is 16.7. The van der Waals surface area contributed by atoms with Crippen molar-refractivity contribution in [1.29, 1.82) is 0 Å². The molecule has 122 valence electrons. The molecule has 0 bridgehead atoms. The van der Waals surface area contributed by atoms with E-state index in [0.29, 0.717) is 12.2 Å². The third kappa shape index (κ3) is 4.44. The van der Waals surface area contributed by atoms with Crippen LogP contribution in [0, 0.1) is 11.7 Å². The van der Waals surface area contributed by atoms with E-state index in [1.54, 1.807) is 12.1 Å². The zero-order chi connectivity index (χ0) is 16.1. The highest BCUT2D eigenvalue weighted by molar-refractivity contribution is 5.76. The summed E-state index contributed by atoms with van der Waals surface area (Å²) in [4.78, 5) is 13.9. The molecular formula is C17H25FN2O2. The number of rotatable bonds is 5. The predicted molar refractivity (Wildman–Crippen MR) is 85.2 cm³/mol. The van der Waals surface area contributed by atoms with Gasteiger partial charge in [-0.25, -0.2) is 4.39 Å². The van der Waals surface area contributed by atoms with Gasteiger partial charge < -0.3 is 15.3 Å². The summed E-state index contributed by atoms with van der Waals surface area (Å²) in [6.45, 7) is 5.17. The summed E-state index contributed by atoms with van der Waals surface area (Å²) in [5.41, 5.74) is 0.587. The first-order valence-corrected chi connectivity index (χ1v) is 7.94. The minimum absolute atomic E-state index is 0.000202. The lowest BCUT2D eigenvalue weighted by molar-refractivity contribution is -0.124. The van der Waals surface area contributed by atoms with Crippen LogP contribution in [-0.2, 0) is 4.79 Å². The summed E-state index contributed by atoms with van der Waals surface area (Å²) in [7, 11) is 0. The smallest absolute Gasteiger partial charge is 0.222 e. The van der Waals surface area contributed by atoms with E-state index < -0.39 is 6.10 Å². The third-order valence-electron chi connectivity index (χ3n) is 4.14. The number of nitrogens with one attached hydrogen (secondary N) is 1. The van der Waals surface area contributed by atoms with Crippen LogP contribution in [0.1, 0.15) is 33.1 Å². The lowest BCUT2D eigenvalue weighted by Gasteiger charge is -2.35. The Hall–Kier alpha value is -1.62. The number of aliphatic hydroxyl groups excluding tert-OH is 1. The number of carbonyl (C=O) groups is 1. The molecule has 1 fully saturated rings. The predicted octanol–water partition coefficient (Wildman–Crippen LogP) is 2.32. The molecule has 1 aromatic carbocycles. The van der Waals surface area contributed by atoms with Gasteiger partial charge in [0.1, 0.15) is 5.82 Å². The Morgan fingerprint density at radius 3 is 2.86 bits per heavy atom. The fourth-order valence-corrected chi connectivity index (χ4v) is 2.73. The number of anilines is 1. The van der Waals surface area contributed by atoms with E-state index in [-0.39, 0.29) is 30.1 Å². The van der Waals surface area contributed by atoms with Crippen LogP contribution >= 0.6 is 0 Å². The van der Waals surface area contributed by atoms with Crippen molar-refractivity contribution >= 4 is 11.6 Å². The monoisotopic (exact) mass is 308 g/mol. The first-order valence-electron chi connectivity index (χ1n) is 7.94. The van der Waals surface area contributed by atoms with Crippen LogP contribution in [0.3, 0.4) is 0 Å². The van der Waals surface area contributed by atoms with Crippen molar-refractivity contribution in [1.82, 2.24) is 5.32 Å². The van der Waals surface area contributed by atoms with Gasteiger partial charge in [0.15, 0.2) is 0 Å². The van der Waals surface area contributed by atoms with Crippen LogP contribution in [0.25, 0.3) is 0 Å². The molecule has 1 aliphatic rings. The molecule has 2 N–H and O–H groups in total. The second kappa shape index (κ2) is 7.58. The van der Waals surface area contributed by atoms with Crippen LogP contribution in [0.4, 0.5) is 10.1 Å². The molecule has 1 heterocycles. The number of nitrogens with zero attached hydrogens (tertiary/aromatic N) is 1. The summed E-state index contributed by atoms with van der Waals surface area (Å²) < 4.78 is 13.9. The van der Waals surface area contributed by atoms with Gasteiger partial charge in [-0.1, -0.05) is 26.0 Å². The molecule has 1 saturated heterocycles. The molecule has 1 amide bonds. The number of benzene rings is 1. The number of para-hydroxylation sites is 1. The van der Waals surface area contributed by atoms with Crippen LogP contribution in [-0.4, -0.2) is 36.2 Å². The van der Waals surface area contributed by atoms with Crippen molar-refractivity contribution in [2.45, 2.75) is 45.3 Å². The van der Waals surface area contributed by atoms with Gasteiger partial charge in [0.2, 0.25) is 5.91 Å². The van der Waals surface area contributed by atoms with Crippen LogP contribution in [0.2, 0.25) is 0 Å². The lowest BCUT2D eigenvalue weighted by atomic mass is 10.0. The van der Waals surface area contributed by atoms with Gasteiger partial charge in [0, 0.05) is 19.1 Å². The molecule has 0 radical (unpaired) electrons. The van der Waals surface area contributed by atoms with Gasteiger partial charge in [-0.3, -0.25) is 4.79 Å². The number of hydrogen-bond acceptors (Lipinski definition) is 3. The Kier molecular flexibility index (Phi) is 5.77. The van der Waals surface area contributed by atoms with Gasteiger partial charge in [0.05, 0.1) is 18.2 Å². The molecule has 2 unspecified atom stereocenters. The molecule has 1 aromatic rings. The number of amides is 1. The quantitative estimate of drug-likeness (QED) is 0.878. The largest absolute Gasteiger partial charge is 0.392 e. The molecule has 22 heavy (non-hydrogen) atoms. The average molecular weight is 308 g/mol. The van der Waals surface area contributed by atoms with Crippen LogP contribution < -0.4 is 10.2 Å². The van der Waals surface area contributed by atoms with Crippen LogP contribution in [0.15, 0.2) is 24.3 Å². The van der Waals surface area contributed by atoms with Crippen molar-refractivity contribution in [3.63, 3.8) is 0 Å². The van der Waals surface area contributed by atoms with Crippen molar-refractivity contribution in [3.05, 3.63) is 30.1 Å². The van der Waals surface area contributed by atoms with Crippen LogP contribution in [0.5, 0.6) is 0 Å². The highest BCUT2D eigenvalue weighted by atomic mass is 19.1. The maximum atomic E-state index is 13.9. The van der Waals surface area contributed by atoms with Gasteiger partial charge in [-0.15, -0.1) is 0 Å². The molecule has 1 aliphatic heterocycles. The first-order chi connectivity index (χ1) is 10.5. The molecule has 2 rings (SSSR count). The highest BCUT2D eigenvalue weighted by Gasteiger charge is 2.24. The second-order valence-electron chi connectivity index (χ2n) is 6.32. The zero-order valence-electron chi connectivity index (χ0n) is 13.3. The number of halogens is 1. The van der Waals surface area contributed by atoms with E-state index >= 15 is 0 Å². The van der Waals surface area contributed by atoms with Gasteiger partial charge in [-0.2, -0.15) is 0 Å². The second-order valence-corrected chi connectivity index (χ2v) is 6.32. The number of carbonyl (C=O) groups excluding carboxylic acids is 1. The van der Waals surface area contributed by atoms with E-state index in [4.69, 9.17) is 0 Å². The molecule has 0 aliphatic carbocycles. The normalized spacial score (nSPS) is 20.0. The average Bonchev–Trinajstić information content (AvgIpc) is 2.47. The van der Waals surface area contributed by atoms with E-state index in [0.717, 1.165) is 19.4 Å². The van der Waals surface area contributed by atoms with Gasteiger partial charge in [0.25, 0.3) is 0 Å². The molecule has 0 saturated carbocycles. The maximum Gasteiger partial charge on any atom is 0.222 e. The zero-order valence-corrected chi connectivity index (χ0v) is 13.3. The summed E-state index contributed by atoms with van der Waals surface area (Å²) in [5, 5.41) is 12.7. The summed E-state index contributed by atoms with van der Waals surface area (Å²) >= 11 is 0. The number of hydrogen-bond donors (Lipinski definition) is 2. The standard InChI is InChI=1S/C17H25FN2O2/c1-12(2)16(21)10-17(22)19-13-6-5-9-20(11-13)15-8-4-3-7-14(15)18/h3-4,7-8,12-13,16,21H,5-6,9-11H2,1-2H3,(H,19,22). The minimum Gasteiger partial charge on any atom is -0.392 e. The number of aliphatic hydroxyl groups is 1. The van der Waals surface area contributed by atoms with E-state index in [9.17, 15) is 14.3 Å². The fourth-order valence-electron chi connectivity index (χ4n) is 2.73. The molecule has 0 spiro atoms. The third-order valence-corrected chi connectivity index (χ3v) is 4.14. The maximum absolute atomic E-state index is 13.9. The summed E-state index contributed by atoms with van der Waals surface area (Å²) in [6, 6.07) is 6.72. The Labute approximate surface area is 131 Å². The molecule has 0 aromatic heterocycles. The molecule has 2 atom stereocenters. The Morgan fingerprint density at radius 2 is 2.18 bits per heavy atom. The molecule has 4 nitrogen and oxygen atoms in total. The molecule has 5 heteroatoms. The van der Waals surface area contributed by atoms with E-state index in [1.165, 1.54) is 6.07 Å². The lowest BCUT2D eigenvalue weighted by Crippen LogP contribution is -2.48. The number of piperidine rings is 1. The van der Waals surface area contributed by atoms with Crippen molar-refractivity contribution in [2.75, 3.05) is 18.0 Å².